The first-order valence-corrected chi connectivity index (χ1v) is 11.0. The molecule has 10 heteroatoms. The Labute approximate surface area is 173 Å². The molecule has 2 aromatic carbocycles. The number of benzene rings is 2. The molecule has 7 nitrogen and oxygen atoms in total. The van der Waals surface area contributed by atoms with E-state index in [1.54, 1.807) is 22.4 Å². The quantitative estimate of drug-likeness (QED) is 0.646. The smallest absolute Gasteiger partial charge is 0.263 e. The number of nitrogens with zero attached hydrogens (tertiary/aromatic N) is 2. The fourth-order valence-corrected chi connectivity index (χ4v) is 4.40. The van der Waals surface area contributed by atoms with E-state index < -0.39 is 10.0 Å². The van der Waals surface area contributed by atoms with Gasteiger partial charge in [0.15, 0.2) is 5.13 Å². The molecule has 154 valence electrons. The molecule has 1 amide bonds. The van der Waals surface area contributed by atoms with Crippen molar-refractivity contribution >= 4 is 38.1 Å². The average Bonchev–Trinajstić information content (AvgIpc) is 3.36. The van der Waals surface area contributed by atoms with Crippen LogP contribution in [-0.2, 0) is 14.8 Å². The zero-order valence-electron chi connectivity index (χ0n) is 15.2. The highest BCUT2D eigenvalue weighted by molar-refractivity contribution is 7.93. The van der Waals surface area contributed by atoms with Crippen LogP contribution in [0.15, 0.2) is 65.0 Å². The van der Waals surface area contributed by atoms with Gasteiger partial charge in [-0.2, -0.15) is 0 Å². The normalized spacial score (nSPS) is 13.7. The van der Waals surface area contributed by atoms with Gasteiger partial charge in [0.1, 0.15) is 11.6 Å². The van der Waals surface area contributed by atoms with E-state index >= 15 is 0 Å². The number of phenolic OH excluding ortho intramolecular Hbond substituents is 1. The number of phenols is 1. The summed E-state index contributed by atoms with van der Waals surface area (Å²) in [5.74, 6) is -0.166. The Balaban J connectivity index is 0.000000302. The number of aromatic hydroxyl groups is 1. The molecular weight excluding hydrogens is 417 g/mol. The molecule has 4 rings (SSSR count). The van der Waals surface area contributed by atoms with Crippen molar-refractivity contribution < 1.29 is 24.1 Å². The minimum Gasteiger partial charge on any atom is -0.508 e. The van der Waals surface area contributed by atoms with Crippen LogP contribution in [0, 0.1) is 5.82 Å². The summed E-state index contributed by atoms with van der Waals surface area (Å²) in [6.07, 6.45) is 2.92. The van der Waals surface area contributed by atoms with E-state index in [-0.39, 0.29) is 23.8 Å². The molecule has 0 spiro atoms. The van der Waals surface area contributed by atoms with Gasteiger partial charge in [-0.25, -0.2) is 17.8 Å². The fourth-order valence-electron chi connectivity index (χ4n) is 2.62. The first-order valence-electron chi connectivity index (χ1n) is 8.62. The Morgan fingerprint density at radius 3 is 2.34 bits per heavy atom. The standard InChI is InChI=1S/C13H13N3O3S2.C6H5FO.H2/c17-12-2-1-8-16(12)10-3-5-11(6-4-10)21(18,19)15-13-14-7-9-20-13;7-5-1-3-6(8)4-2-5;/h3-7,9H,1-2,8H2,(H,14,15);1-4,8H;1H. The molecule has 29 heavy (non-hydrogen) atoms. The Kier molecular flexibility index (Phi) is 6.45. The minimum absolute atomic E-state index is 0. The van der Waals surface area contributed by atoms with Gasteiger partial charge in [-0.15, -0.1) is 11.3 Å². The molecule has 1 aromatic heterocycles. The molecule has 1 saturated heterocycles. The molecule has 0 saturated carbocycles. The van der Waals surface area contributed by atoms with Crippen LogP contribution in [0.1, 0.15) is 14.3 Å². The van der Waals surface area contributed by atoms with E-state index in [2.05, 4.69) is 9.71 Å². The van der Waals surface area contributed by atoms with Crippen LogP contribution in [0.4, 0.5) is 15.2 Å². The van der Waals surface area contributed by atoms with Crippen molar-refractivity contribution in [2.75, 3.05) is 16.2 Å². The van der Waals surface area contributed by atoms with Crippen molar-refractivity contribution in [3.05, 3.63) is 65.9 Å². The number of halogens is 1. The summed E-state index contributed by atoms with van der Waals surface area (Å²) in [5.41, 5.74) is 0.727. The predicted molar refractivity (Wildman–Crippen MR) is 111 cm³/mol. The molecule has 1 fully saturated rings. The van der Waals surface area contributed by atoms with Crippen molar-refractivity contribution in [3.8, 4) is 5.75 Å². The second-order valence-corrected chi connectivity index (χ2v) is 8.64. The number of hydrogen-bond acceptors (Lipinski definition) is 6. The number of carbonyl (C=O) groups is 1. The zero-order valence-corrected chi connectivity index (χ0v) is 16.8. The van der Waals surface area contributed by atoms with E-state index in [4.69, 9.17) is 5.11 Å². The van der Waals surface area contributed by atoms with Gasteiger partial charge in [0, 0.05) is 31.7 Å². The summed E-state index contributed by atoms with van der Waals surface area (Å²) < 4.78 is 38.7. The molecule has 0 bridgehead atoms. The molecule has 0 unspecified atom stereocenters. The molecule has 2 heterocycles. The van der Waals surface area contributed by atoms with E-state index in [9.17, 15) is 17.6 Å². The minimum atomic E-state index is -3.64. The third-order valence-corrected chi connectivity index (χ3v) is 6.19. The van der Waals surface area contributed by atoms with Gasteiger partial charge in [0.2, 0.25) is 5.91 Å². The summed E-state index contributed by atoms with van der Waals surface area (Å²) in [7, 11) is -3.64. The predicted octanol–water partition coefficient (Wildman–Crippen LogP) is 3.85. The number of nitrogens with one attached hydrogen (secondary N) is 1. The molecular formula is C19H20FN3O4S2. The zero-order chi connectivity index (χ0) is 20.9. The third-order valence-electron chi connectivity index (χ3n) is 4.01. The molecule has 2 N–H and O–H groups in total. The SMILES string of the molecule is O=C1CCCN1c1ccc(S(=O)(=O)Nc2nccs2)cc1.Oc1ccc(F)cc1.[HH]. The number of amides is 1. The van der Waals surface area contributed by atoms with Crippen LogP contribution >= 0.6 is 11.3 Å². The Hall–Kier alpha value is -2.98. The maximum Gasteiger partial charge on any atom is 0.263 e. The number of sulfonamides is 1. The van der Waals surface area contributed by atoms with Gasteiger partial charge in [-0.1, -0.05) is 0 Å². The first kappa shape index (κ1) is 20.7. The van der Waals surface area contributed by atoms with Crippen LogP contribution in [0.25, 0.3) is 0 Å². The lowest BCUT2D eigenvalue weighted by Crippen LogP contribution is -2.23. The van der Waals surface area contributed by atoms with Crippen molar-refractivity contribution in [1.82, 2.24) is 4.98 Å². The van der Waals surface area contributed by atoms with E-state index in [0.29, 0.717) is 18.1 Å². The lowest BCUT2D eigenvalue weighted by Gasteiger charge is -2.16. The van der Waals surface area contributed by atoms with Crippen molar-refractivity contribution in [2.45, 2.75) is 17.7 Å². The molecule has 3 aromatic rings. The second-order valence-electron chi connectivity index (χ2n) is 6.06. The van der Waals surface area contributed by atoms with Crippen LogP contribution in [0.2, 0.25) is 0 Å². The summed E-state index contributed by atoms with van der Waals surface area (Å²) >= 11 is 1.21. The van der Waals surface area contributed by atoms with Gasteiger partial charge in [-0.05, 0) is 55.0 Å². The summed E-state index contributed by atoms with van der Waals surface area (Å²) in [6.45, 7) is 0.683. The average molecular weight is 438 g/mol. The number of hydrogen-bond donors (Lipinski definition) is 2. The second kappa shape index (κ2) is 9.01. The van der Waals surface area contributed by atoms with Crippen LogP contribution in [-0.4, -0.2) is 31.0 Å². The Morgan fingerprint density at radius 1 is 1.14 bits per heavy atom. The molecule has 0 radical (unpaired) electrons. The highest BCUT2D eigenvalue weighted by Crippen LogP contribution is 2.24. The topological polar surface area (TPSA) is 99.6 Å². The van der Waals surface area contributed by atoms with Gasteiger partial charge in [0.25, 0.3) is 10.0 Å². The molecule has 1 aliphatic heterocycles. The molecule has 0 atom stereocenters. The van der Waals surface area contributed by atoms with Crippen molar-refractivity contribution in [1.29, 1.82) is 0 Å². The highest BCUT2D eigenvalue weighted by Gasteiger charge is 2.22. The molecule has 0 aliphatic carbocycles. The Morgan fingerprint density at radius 2 is 1.83 bits per heavy atom. The number of carbonyl (C=O) groups excluding carboxylic acids is 1. The maximum atomic E-state index is 12.2. The largest absolute Gasteiger partial charge is 0.508 e. The summed E-state index contributed by atoms with van der Waals surface area (Å²) in [5, 5.41) is 10.6. The van der Waals surface area contributed by atoms with Crippen molar-refractivity contribution in [2.24, 2.45) is 0 Å². The number of rotatable bonds is 4. The van der Waals surface area contributed by atoms with Gasteiger partial charge >= 0.3 is 0 Å². The Bertz CT molecular complexity index is 1040. The van der Waals surface area contributed by atoms with Gasteiger partial charge in [0.05, 0.1) is 4.90 Å². The number of anilines is 2. The van der Waals surface area contributed by atoms with E-state index in [1.165, 1.54) is 53.9 Å². The van der Waals surface area contributed by atoms with E-state index in [0.717, 1.165) is 12.1 Å². The lowest BCUT2D eigenvalue weighted by atomic mass is 10.3. The van der Waals surface area contributed by atoms with Crippen molar-refractivity contribution in [3.63, 3.8) is 0 Å². The molecule has 1 aliphatic rings. The maximum absolute atomic E-state index is 12.2. The van der Waals surface area contributed by atoms with Crippen LogP contribution in [0.5, 0.6) is 5.75 Å². The monoisotopic (exact) mass is 437 g/mol. The van der Waals surface area contributed by atoms with Crippen LogP contribution in [0.3, 0.4) is 0 Å². The summed E-state index contributed by atoms with van der Waals surface area (Å²) in [6, 6.07) is 11.3. The first-order chi connectivity index (χ1) is 13.8. The van der Waals surface area contributed by atoms with Crippen LogP contribution < -0.4 is 9.62 Å². The number of thiazole rings is 1. The third kappa shape index (κ3) is 5.52. The summed E-state index contributed by atoms with van der Waals surface area (Å²) in [4.78, 5) is 17.4. The van der Waals surface area contributed by atoms with E-state index in [1.807, 2.05) is 0 Å². The van der Waals surface area contributed by atoms with Gasteiger partial charge < -0.3 is 10.0 Å². The fraction of sp³-hybridized carbons (Fsp3) is 0.158. The highest BCUT2D eigenvalue weighted by atomic mass is 32.2. The number of aromatic nitrogens is 1. The van der Waals surface area contributed by atoms with Gasteiger partial charge in [-0.3, -0.25) is 9.52 Å². The lowest BCUT2D eigenvalue weighted by molar-refractivity contribution is -0.117.